The summed E-state index contributed by atoms with van der Waals surface area (Å²) >= 11 is 4.99. The number of aryl methyl sites for hydroxylation is 2. The van der Waals surface area contributed by atoms with Crippen molar-refractivity contribution in [2.75, 3.05) is 14.2 Å². The normalized spacial score (nSPS) is 7.96. The van der Waals surface area contributed by atoms with E-state index >= 15 is 0 Å². The van der Waals surface area contributed by atoms with Crippen molar-refractivity contribution in [3.05, 3.63) is 96.3 Å². The van der Waals surface area contributed by atoms with Gasteiger partial charge in [-0.05, 0) is 25.0 Å². The van der Waals surface area contributed by atoms with Gasteiger partial charge in [-0.15, -0.1) is 6.42 Å². The average molecular weight is 403 g/mol. The zero-order chi connectivity index (χ0) is 15.1. The fraction of sp³-hybridized carbons (Fsp3) is 0.286. The minimum absolute atomic E-state index is 0. The molecule has 25 heavy (non-hydrogen) atoms. The predicted molar refractivity (Wildman–Crippen MR) is 117 cm³/mol. The number of aliphatic hydroxyl groups is 2. The van der Waals surface area contributed by atoms with Crippen molar-refractivity contribution in [3.8, 4) is 0 Å². The SMILES string of the molecule is CO.CO.Cc1cccc(C)c1C[S-].[C-]1=CC=CC1.[CH3-].[CH3-].[CH3-].[CH3-].[CH3-].[Ti]. The molecular formula is C21H39O2STi-7. The first-order valence-electron chi connectivity index (χ1n) is 6.00. The molecule has 0 atom stereocenters. The van der Waals surface area contributed by atoms with E-state index in [1.807, 2.05) is 12.2 Å². The third-order valence-corrected chi connectivity index (χ3v) is 2.66. The molecule has 0 unspecified atom stereocenters. The van der Waals surface area contributed by atoms with E-state index in [9.17, 15) is 0 Å². The Bertz CT molecular complexity index is 348. The van der Waals surface area contributed by atoms with E-state index in [0.29, 0.717) is 0 Å². The maximum absolute atomic E-state index is 7.00. The molecule has 2 N–H and O–H groups in total. The van der Waals surface area contributed by atoms with Crippen LogP contribution in [0.2, 0.25) is 0 Å². The predicted octanol–water partition coefficient (Wildman–Crippen LogP) is 5.12. The van der Waals surface area contributed by atoms with Crippen LogP contribution in [0, 0.1) is 57.1 Å². The number of aliphatic hydroxyl groups excluding tert-OH is 2. The monoisotopic (exact) mass is 403 g/mol. The second-order valence-corrected chi connectivity index (χ2v) is 3.81. The third kappa shape index (κ3) is 26.0. The Morgan fingerprint density at radius 1 is 0.920 bits per heavy atom. The van der Waals surface area contributed by atoms with Gasteiger partial charge in [0.05, 0.1) is 0 Å². The van der Waals surface area contributed by atoms with Gasteiger partial charge in [-0.25, -0.2) is 12.2 Å². The number of allylic oxidation sites excluding steroid dienone is 4. The van der Waals surface area contributed by atoms with Crippen molar-refractivity contribution in [2.24, 2.45) is 0 Å². The molecule has 1 aromatic rings. The molecule has 0 aliphatic heterocycles. The molecule has 1 aliphatic carbocycles. The fourth-order valence-electron chi connectivity index (χ4n) is 1.42. The second kappa shape index (κ2) is 39.0. The second-order valence-electron chi connectivity index (χ2n) is 3.52. The molecule has 1 aromatic carbocycles. The first-order chi connectivity index (χ1) is 9.25. The minimum Gasteiger partial charge on any atom is -0.788 e. The van der Waals surface area contributed by atoms with Crippen LogP contribution in [0.4, 0.5) is 0 Å². The van der Waals surface area contributed by atoms with Crippen LogP contribution in [0.15, 0.2) is 36.4 Å². The number of rotatable bonds is 1. The fourth-order valence-corrected chi connectivity index (χ4v) is 1.87. The maximum Gasteiger partial charge on any atom is 0.0319 e. The molecule has 152 valence electrons. The molecule has 0 saturated carbocycles. The minimum atomic E-state index is 0. The van der Waals surface area contributed by atoms with Gasteiger partial charge >= 0.3 is 0 Å². The van der Waals surface area contributed by atoms with Crippen molar-refractivity contribution < 1.29 is 31.9 Å². The van der Waals surface area contributed by atoms with Gasteiger partial charge in [-0.1, -0.05) is 23.8 Å². The van der Waals surface area contributed by atoms with Crippen LogP contribution in [0.1, 0.15) is 23.1 Å². The van der Waals surface area contributed by atoms with E-state index in [1.165, 1.54) is 16.7 Å². The molecule has 0 amide bonds. The van der Waals surface area contributed by atoms with Gasteiger partial charge in [0.1, 0.15) is 0 Å². The average Bonchev–Trinajstić information content (AvgIpc) is 3.03. The van der Waals surface area contributed by atoms with Crippen LogP contribution in [0.3, 0.4) is 0 Å². The third-order valence-electron chi connectivity index (χ3n) is 2.37. The Labute approximate surface area is 180 Å². The number of hydrogen-bond acceptors (Lipinski definition) is 3. The summed E-state index contributed by atoms with van der Waals surface area (Å²) in [5, 5.41) is 14.0. The molecule has 0 fully saturated rings. The summed E-state index contributed by atoms with van der Waals surface area (Å²) in [6, 6.07) is 6.28. The molecule has 0 radical (unpaired) electrons. The van der Waals surface area contributed by atoms with Crippen LogP contribution < -0.4 is 0 Å². The van der Waals surface area contributed by atoms with Gasteiger partial charge < -0.3 is 60.0 Å². The number of benzene rings is 1. The smallest absolute Gasteiger partial charge is 0.0319 e. The Kier molecular flexibility index (Phi) is 77.5. The quantitative estimate of drug-likeness (QED) is 0.388. The van der Waals surface area contributed by atoms with Gasteiger partial charge in [0.2, 0.25) is 0 Å². The van der Waals surface area contributed by atoms with Crippen LogP contribution >= 0.6 is 0 Å². The van der Waals surface area contributed by atoms with E-state index in [2.05, 4.69) is 44.2 Å². The van der Waals surface area contributed by atoms with Crippen molar-refractivity contribution in [2.45, 2.75) is 26.0 Å². The summed E-state index contributed by atoms with van der Waals surface area (Å²) in [5.41, 5.74) is 3.95. The first-order valence-corrected chi connectivity index (χ1v) is 6.58. The molecule has 0 spiro atoms. The van der Waals surface area contributed by atoms with E-state index < -0.39 is 0 Å². The Morgan fingerprint density at radius 2 is 1.32 bits per heavy atom. The number of hydrogen-bond donors (Lipinski definition) is 2. The summed E-state index contributed by atoms with van der Waals surface area (Å²) in [7, 11) is 2.00. The molecule has 2 nitrogen and oxygen atoms in total. The molecule has 0 heterocycles. The molecule has 2 rings (SSSR count). The van der Waals surface area contributed by atoms with Crippen molar-refractivity contribution in [3.63, 3.8) is 0 Å². The van der Waals surface area contributed by atoms with Crippen molar-refractivity contribution >= 4 is 12.6 Å². The molecule has 0 saturated heterocycles. The van der Waals surface area contributed by atoms with E-state index in [4.69, 9.17) is 22.8 Å². The topological polar surface area (TPSA) is 40.5 Å². The summed E-state index contributed by atoms with van der Waals surface area (Å²) in [4.78, 5) is 0. The van der Waals surface area contributed by atoms with Gasteiger partial charge in [-0.2, -0.15) is 11.8 Å². The standard InChI is InChI=1S/C9H12S.C5H5.2CH4O.5CH3.Ti/c1-7-4-3-5-8(2)9(7)6-10;1-2-4-5-3-1;2*1-2;;;;;;/h3-5,10H,6H2,1-2H3;1-3H,4H2;2*2H,1H3;5*1H3;/q;-1;;;5*-1;/p-1. The van der Waals surface area contributed by atoms with Gasteiger partial charge in [0.25, 0.3) is 0 Å². The Hall–Kier alpha value is -0.316. The molecule has 1 aliphatic rings. The Balaban J connectivity index is -0.0000000284. The molecule has 0 bridgehead atoms. The van der Waals surface area contributed by atoms with Gasteiger partial charge in [0, 0.05) is 35.9 Å². The van der Waals surface area contributed by atoms with Crippen LogP contribution in [-0.2, 0) is 40.1 Å². The molecular weight excluding hydrogens is 364 g/mol. The summed E-state index contributed by atoms with van der Waals surface area (Å²) in [6.07, 6.45) is 10.0. The van der Waals surface area contributed by atoms with Gasteiger partial charge in [-0.3, -0.25) is 6.08 Å². The zero-order valence-corrected chi connectivity index (χ0v) is 20.1. The zero-order valence-electron chi connectivity index (χ0n) is 17.7. The van der Waals surface area contributed by atoms with E-state index in [1.54, 1.807) is 0 Å². The Morgan fingerprint density at radius 3 is 1.48 bits per heavy atom. The largest absolute Gasteiger partial charge is 0.788 e. The van der Waals surface area contributed by atoms with Crippen LogP contribution in [-0.4, -0.2) is 24.4 Å². The summed E-state index contributed by atoms with van der Waals surface area (Å²) in [6.45, 7) is 4.21. The summed E-state index contributed by atoms with van der Waals surface area (Å²) < 4.78 is 0. The van der Waals surface area contributed by atoms with Crippen LogP contribution in [0.25, 0.3) is 0 Å². The van der Waals surface area contributed by atoms with E-state index in [0.717, 1.165) is 26.4 Å². The maximum atomic E-state index is 7.00. The molecule has 0 aromatic heterocycles. The first kappa shape index (κ1) is 49.7. The van der Waals surface area contributed by atoms with E-state index in [-0.39, 0.29) is 58.9 Å². The summed E-state index contributed by atoms with van der Waals surface area (Å²) in [5.74, 6) is 0.735. The van der Waals surface area contributed by atoms with Crippen molar-refractivity contribution in [1.29, 1.82) is 0 Å². The van der Waals surface area contributed by atoms with Gasteiger partial charge in [0.15, 0.2) is 0 Å². The molecule has 4 heteroatoms. The van der Waals surface area contributed by atoms with Crippen molar-refractivity contribution in [1.82, 2.24) is 0 Å². The van der Waals surface area contributed by atoms with Crippen LogP contribution in [0.5, 0.6) is 0 Å².